The van der Waals surface area contributed by atoms with Crippen LogP contribution >= 0.6 is 11.6 Å². The maximum absolute atomic E-state index is 12.4. The molecule has 1 saturated heterocycles. The summed E-state index contributed by atoms with van der Waals surface area (Å²) in [4.78, 5) is 14.2. The zero-order valence-corrected chi connectivity index (χ0v) is 14.4. The minimum atomic E-state index is -0.217. The molecule has 0 aromatic heterocycles. The summed E-state index contributed by atoms with van der Waals surface area (Å²) in [6.45, 7) is 1.65. The molecule has 4 nitrogen and oxygen atoms in total. The van der Waals surface area contributed by atoms with E-state index in [2.05, 4.69) is 5.32 Å². The molecule has 3 rings (SSSR count). The molecule has 23 heavy (non-hydrogen) atoms. The maximum Gasteiger partial charge on any atom is 0.317 e. The summed E-state index contributed by atoms with van der Waals surface area (Å²) in [5.41, 5.74) is 0.885. The molecule has 1 aromatic rings. The van der Waals surface area contributed by atoms with Gasteiger partial charge in [-0.15, -0.1) is 0 Å². The topological polar surface area (TPSA) is 41.6 Å². The van der Waals surface area contributed by atoms with Crippen LogP contribution in [0.25, 0.3) is 0 Å². The van der Waals surface area contributed by atoms with E-state index in [1.54, 1.807) is 4.90 Å². The number of nitrogens with zero attached hydrogens (tertiary/aromatic N) is 1. The summed E-state index contributed by atoms with van der Waals surface area (Å²) >= 11 is 6.07. The molecule has 1 aliphatic carbocycles. The van der Waals surface area contributed by atoms with Gasteiger partial charge in [0.05, 0.1) is 11.6 Å². The highest BCUT2D eigenvalue weighted by Crippen LogP contribution is 2.46. The number of amides is 2. The van der Waals surface area contributed by atoms with E-state index in [-0.39, 0.29) is 11.6 Å². The fourth-order valence-electron chi connectivity index (χ4n) is 3.23. The van der Waals surface area contributed by atoms with E-state index in [0.717, 1.165) is 50.8 Å². The fourth-order valence-corrected chi connectivity index (χ4v) is 3.42. The summed E-state index contributed by atoms with van der Waals surface area (Å²) in [5, 5.41) is 3.90. The highest BCUT2D eigenvalue weighted by atomic mass is 35.5. The lowest BCUT2D eigenvalue weighted by Gasteiger charge is -2.24. The minimum Gasteiger partial charge on any atom is -0.378 e. The van der Waals surface area contributed by atoms with E-state index in [9.17, 15) is 4.79 Å². The average molecular weight is 337 g/mol. The van der Waals surface area contributed by atoms with Gasteiger partial charge in [-0.1, -0.05) is 23.7 Å². The number of urea groups is 1. The summed E-state index contributed by atoms with van der Waals surface area (Å²) in [7, 11) is 1.86. The standard InChI is InChI=1S/C18H25ClN2O2/c1-21(11-3-7-16-8-4-12-23-16)17(22)20-18(9-10-18)14-5-2-6-15(19)13-14/h2,5-6,13,16H,3-4,7-12H2,1H3,(H,20,22)/t16-/m1/s1. The number of hydrogen-bond acceptors (Lipinski definition) is 2. The second-order valence-electron chi connectivity index (χ2n) is 6.72. The molecule has 1 aliphatic heterocycles. The van der Waals surface area contributed by atoms with Gasteiger partial charge in [-0.2, -0.15) is 0 Å². The second-order valence-corrected chi connectivity index (χ2v) is 7.16. The van der Waals surface area contributed by atoms with E-state index in [4.69, 9.17) is 16.3 Å². The lowest BCUT2D eigenvalue weighted by atomic mass is 10.1. The molecule has 0 spiro atoms. The van der Waals surface area contributed by atoms with Crippen molar-refractivity contribution in [3.8, 4) is 0 Å². The Morgan fingerprint density at radius 1 is 1.48 bits per heavy atom. The minimum absolute atomic E-state index is 0.00480. The molecule has 126 valence electrons. The molecule has 2 amide bonds. The van der Waals surface area contributed by atoms with Gasteiger partial charge in [0, 0.05) is 25.2 Å². The number of rotatable bonds is 6. The Balaban J connectivity index is 1.48. The Bertz CT molecular complexity index is 554. The lowest BCUT2D eigenvalue weighted by Crippen LogP contribution is -2.43. The van der Waals surface area contributed by atoms with Crippen molar-refractivity contribution >= 4 is 17.6 Å². The summed E-state index contributed by atoms with van der Waals surface area (Å²) < 4.78 is 5.62. The number of carbonyl (C=O) groups excluding carboxylic acids is 1. The summed E-state index contributed by atoms with van der Waals surface area (Å²) in [5.74, 6) is 0. The van der Waals surface area contributed by atoms with E-state index >= 15 is 0 Å². The SMILES string of the molecule is CN(CCC[C@@H]1CCCO1)C(=O)NC1(c2cccc(Cl)c2)CC1. The number of carbonyl (C=O) groups is 1. The van der Waals surface area contributed by atoms with Crippen molar-refractivity contribution in [2.45, 2.75) is 50.2 Å². The van der Waals surface area contributed by atoms with E-state index in [0.29, 0.717) is 11.1 Å². The molecule has 2 fully saturated rings. The lowest BCUT2D eigenvalue weighted by molar-refractivity contribution is 0.100. The number of halogens is 1. The summed E-state index contributed by atoms with van der Waals surface area (Å²) in [6, 6.07) is 7.79. The van der Waals surface area contributed by atoms with Crippen molar-refractivity contribution in [3.05, 3.63) is 34.9 Å². The van der Waals surface area contributed by atoms with Gasteiger partial charge in [-0.05, 0) is 56.2 Å². The van der Waals surface area contributed by atoms with Gasteiger partial charge in [0.2, 0.25) is 0 Å². The Morgan fingerprint density at radius 3 is 2.96 bits per heavy atom. The van der Waals surface area contributed by atoms with Crippen LogP contribution in [0.5, 0.6) is 0 Å². The smallest absolute Gasteiger partial charge is 0.317 e. The molecule has 1 aromatic carbocycles. The van der Waals surface area contributed by atoms with Crippen LogP contribution < -0.4 is 5.32 Å². The van der Waals surface area contributed by atoms with Gasteiger partial charge >= 0.3 is 6.03 Å². The van der Waals surface area contributed by atoms with Crippen LogP contribution in [0.15, 0.2) is 24.3 Å². The van der Waals surface area contributed by atoms with Gasteiger partial charge in [0.1, 0.15) is 0 Å². The normalized spacial score (nSPS) is 21.9. The van der Waals surface area contributed by atoms with Crippen LogP contribution in [0.2, 0.25) is 5.02 Å². The monoisotopic (exact) mass is 336 g/mol. The van der Waals surface area contributed by atoms with Crippen LogP contribution in [-0.2, 0) is 10.3 Å². The highest BCUT2D eigenvalue weighted by molar-refractivity contribution is 6.30. The maximum atomic E-state index is 12.4. The summed E-state index contributed by atoms with van der Waals surface area (Å²) in [6.07, 6.45) is 6.70. The molecule has 1 heterocycles. The van der Waals surface area contributed by atoms with Crippen molar-refractivity contribution in [2.75, 3.05) is 20.2 Å². The van der Waals surface area contributed by atoms with E-state index in [1.165, 1.54) is 6.42 Å². The first-order chi connectivity index (χ1) is 11.1. The molecule has 5 heteroatoms. The van der Waals surface area contributed by atoms with Crippen molar-refractivity contribution in [1.29, 1.82) is 0 Å². The first-order valence-electron chi connectivity index (χ1n) is 8.50. The Kier molecular flexibility index (Phi) is 5.12. The number of benzene rings is 1. The van der Waals surface area contributed by atoms with E-state index < -0.39 is 0 Å². The molecule has 0 bridgehead atoms. The van der Waals surface area contributed by atoms with Crippen molar-refractivity contribution < 1.29 is 9.53 Å². The molecule has 0 radical (unpaired) electrons. The molecule has 2 aliphatic rings. The van der Waals surface area contributed by atoms with Gasteiger partial charge in [0.15, 0.2) is 0 Å². The predicted octanol–water partition coefficient (Wildman–Crippen LogP) is 3.93. The van der Waals surface area contributed by atoms with Gasteiger partial charge in [-0.25, -0.2) is 4.79 Å². The molecule has 1 saturated carbocycles. The third-order valence-corrected chi connectivity index (χ3v) is 5.10. The van der Waals surface area contributed by atoms with Crippen molar-refractivity contribution in [1.82, 2.24) is 10.2 Å². The second kappa shape index (κ2) is 7.10. The average Bonchev–Trinajstić information content (AvgIpc) is 3.13. The first-order valence-corrected chi connectivity index (χ1v) is 8.88. The van der Waals surface area contributed by atoms with Crippen LogP contribution in [-0.4, -0.2) is 37.2 Å². The Hall–Kier alpha value is -1.26. The molecular formula is C18H25ClN2O2. The third-order valence-electron chi connectivity index (χ3n) is 4.86. The quantitative estimate of drug-likeness (QED) is 0.855. The van der Waals surface area contributed by atoms with E-state index in [1.807, 2.05) is 31.3 Å². The Labute approximate surface area is 143 Å². The van der Waals surface area contributed by atoms with Crippen LogP contribution in [0.3, 0.4) is 0 Å². The number of hydrogen-bond donors (Lipinski definition) is 1. The number of nitrogens with one attached hydrogen (secondary N) is 1. The molecule has 1 atom stereocenters. The predicted molar refractivity (Wildman–Crippen MR) is 91.7 cm³/mol. The van der Waals surface area contributed by atoms with Crippen LogP contribution in [0.1, 0.15) is 44.1 Å². The zero-order chi connectivity index (χ0) is 16.3. The van der Waals surface area contributed by atoms with Gasteiger partial charge in [-0.3, -0.25) is 0 Å². The highest BCUT2D eigenvalue weighted by Gasteiger charge is 2.46. The van der Waals surface area contributed by atoms with Crippen LogP contribution in [0.4, 0.5) is 4.79 Å². The Morgan fingerprint density at radius 2 is 2.30 bits per heavy atom. The third kappa shape index (κ3) is 4.18. The molecule has 0 unspecified atom stereocenters. The van der Waals surface area contributed by atoms with Gasteiger partial charge in [0.25, 0.3) is 0 Å². The van der Waals surface area contributed by atoms with Crippen molar-refractivity contribution in [2.24, 2.45) is 0 Å². The fraction of sp³-hybridized carbons (Fsp3) is 0.611. The van der Waals surface area contributed by atoms with Gasteiger partial charge < -0.3 is 15.0 Å². The number of ether oxygens (including phenoxy) is 1. The zero-order valence-electron chi connectivity index (χ0n) is 13.7. The van der Waals surface area contributed by atoms with Crippen molar-refractivity contribution in [3.63, 3.8) is 0 Å². The molecular weight excluding hydrogens is 312 g/mol. The molecule has 1 N–H and O–H groups in total. The van der Waals surface area contributed by atoms with Crippen LogP contribution in [0, 0.1) is 0 Å². The largest absolute Gasteiger partial charge is 0.378 e. The first kappa shape index (κ1) is 16.6.